The van der Waals surface area contributed by atoms with Crippen molar-refractivity contribution in [1.82, 2.24) is 10.2 Å². The number of amides is 1. The van der Waals surface area contributed by atoms with Crippen LogP contribution in [0.5, 0.6) is 5.75 Å². The van der Waals surface area contributed by atoms with E-state index in [2.05, 4.69) is 5.32 Å². The zero-order valence-corrected chi connectivity index (χ0v) is 12.6. The molecule has 1 aromatic rings. The van der Waals surface area contributed by atoms with E-state index in [0.29, 0.717) is 26.2 Å². The van der Waals surface area contributed by atoms with Crippen molar-refractivity contribution in [3.8, 4) is 5.75 Å². The predicted octanol–water partition coefficient (Wildman–Crippen LogP) is 0.980. The monoisotopic (exact) mass is 279 g/mol. The Morgan fingerprint density at radius 2 is 2.20 bits per heavy atom. The van der Waals surface area contributed by atoms with Gasteiger partial charge in [0, 0.05) is 19.1 Å². The molecule has 0 unspecified atom stereocenters. The maximum absolute atomic E-state index is 11.6. The number of nitrogens with zero attached hydrogens (tertiary/aromatic N) is 1. The highest BCUT2D eigenvalue weighted by molar-refractivity contribution is 5.78. The van der Waals surface area contributed by atoms with E-state index < -0.39 is 0 Å². The number of nitrogens with one attached hydrogen (secondary N) is 1. The molecule has 0 fully saturated rings. The van der Waals surface area contributed by atoms with Crippen LogP contribution in [0.1, 0.15) is 19.4 Å². The molecule has 0 aliphatic heterocycles. The summed E-state index contributed by atoms with van der Waals surface area (Å²) < 4.78 is 5.65. The first-order valence-electron chi connectivity index (χ1n) is 6.91. The number of hydrogen-bond donors (Lipinski definition) is 2. The van der Waals surface area contributed by atoms with Crippen molar-refractivity contribution < 1.29 is 9.53 Å². The fraction of sp³-hybridized carbons (Fsp3) is 0.533. The minimum Gasteiger partial charge on any atom is -0.492 e. The first-order valence-corrected chi connectivity index (χ1v) is 6.91. The number of ether oxygens (including phenoxy) is 1. The summed E-state index contributed by atoms with van der Waals surface area (Å²) in [6, 6.07) is 7.91. The molecule has 20 heavy (non-hydrogen) atoms. The summed E-state index contributed by atoms with van der Waals surface area (Å²) in [5.74, 6) is 0.848. The summed E-state index contributed by atoms with van der Waals surface area (Å²) in [5, 5.41) is 2.86. The van der Waals surface area contributed by atoms with Crippen LogP contribution < -0.4 is 15.8 Å². The van der Waals surface area contributed by atoms with Crippen LogP contribution in [-0.2, 0) is 11.3 Å². The summed E-state index contributed by atoms with van der Waals surface area (Å²) in [5.41, 5.74) is 6.63. The highest BCUT2D eigenvalue weighted by Crippen LogP contribution is 2.12. The molecule has 0 spiro atoms. The predicted molar refractivity (Wildman–Crippen MR) is 80.6 cm³/mol. The van der Waals surface area contributed by atoms with Gasteiger partial charge < -0.3 is 15.8 Å². The normalized spacial score (nSPS) is 10.9. The zero-order chi connectivity index (χ0) is 15.0. The van der Waals surface area contributed by atoms with E-state index in [1.54, 1.807) is 0 Å². The smallest absolute Gasteiger partial charge is 0.234 e. The average molecular weight is 279 g/mol. The van der Waals surface area contributed by atoms with Crippen molar-refractivity contribution in [1.29, 1.82) is 0 Å². The Labute approximate surface area is 121 Å². The number of rotatable bonds is 8. The molecule has 3 N–H and O–H groups in total. The maximum Gasteiger partial charge on any atom is 0.234 e. The van der Waals surface area contributed by atoms with Crippen LogP contribution in [-0.4, -0.2) is 43.6 Å². The highest BCUT2D eigenvalue weighted by atomic mass is 16.5. The fourth-order valence-corrected chi connectivity index (χ4v) is 1.77. The van der Waals surface area contributed by atoms with Crippen LogP contribution in [0.2, 0.25) is 0 Å². The first kappa shape index (κ1) is 16.5. The highest BCUT2D eigenvalue weighted by Gasteiger charge is 2.07. The van der Waals surface area contributed by atoms with Crippen LogP contribution in [0, 0.1) is 0 Å². The Morgan fingerprint density at radius 1 is 1.45 bits per heavy atom. The molecule has 0 heterocycles. The van der Waals surface area contributed by atoms with E-state index in [1.807, 2.05) is 50.1 Å². The van der Waals surface area contributed by atoms with Gasteiger partial charge in [-0.1, -0.05) is 12.1 Å². The average Bonchev–Trinajstić information content (AvgIpc) is 2.37. The molecule has 5 nitrogen and oxygen atoms in total. The third-order valence-electron chi connectivity index (χ3n) is 2.74. The lowest BCUT2D eigenvalue weighted by Crippen LogP contribution is -2.39. The second kappa shape index (κ2) is 8.55. The van der Waals surface area contributed by atoms with E-state index in [0.717, 1.165) is 11.3 Å². The molecule has 112 valence electrons. The molecule has 0 saturated carbocycles. The quantitative estimate of drug-likeness (QED) is 0.744. The maximum atomic E-state index is 11.6. The van der Waals surface area contributed by atoms with Crippen LogP contribution in [0.3, 0.4) is 0 Å². The topological polar surface area (TPSA) is 67.6 Å². The lowest BCUT2D eigenvalue weighted by atomic mass is 10.2. The van der Waals surface area contributed by atoms with Crippen molar-refractivity contribution in [2.24, 2.45) is 5.73 Å². The van der Waals surface area contributed by atoms with E-state index >= 15 is 0 Å². The molecular formula is C15H25N3O2. The molecule has 0 aliphatic rings. The second-order valence-electron chi connectivity index (χ2n) is 5.16. The summed E-state index contributed by atoms with van der Waals surface area (Å²) in [6.07, 6.45) is 0. The van der Waals surface area contributed by atoms with E-state index in [1.165, 1.54) is 0 Å². The molecule has 1 amide bonds. The molecule has 0 bridgehead atoms. The SMILES string of the molecule is CC(C)NC(=O)CN(C)CCOc1cccc(CN)c1. The van der Waals surface area contributed by atoms with Gasteiger partial charge in [-0.05, 0) is 38.6 Å². The van der Waals surface area contributed by atoms with Crippen molar-refractivity contribution in [2.75, 3.05) is 26.7 Å². The molecular weight excluding hydrogens is 254 g/mol. The van der Waals surface area contributed by atoms with Gasteiger partial charge in [0.15, 0.2) is 0 Å². The van der Waals surface area contributed by atoms with Gasteiger partial charge in [0.25, 0.3) is 0 Å². The van der Waals surface area contributed by atoms with Crippen molar-refractivity contribution in [3.63, 3.8) is 0 Å². The molecule has 0 aliphatic carbocycles. The van der Waals surface area contributed by atoms with Gasteiger partial charge in [-0.3, -0.25) is 9.69 Å². The third-order valence-corrected chi connectivity index (χ3v) is 2.74. The zero-order valence-electron chi connectivity index (χ0n) is 12.6. The molecule has 1 rings (SSSR count). The summed E-state index contributed by atoms with van der Waals surface area (Å²) >= 11 is 0. The number of hydrogen-bond acceptors (Lipinski definition) is 4. The van der Waals surface area contributed by atoms with E-state index in [4.69, 9.17) is 10.5 Å². The summed E-state index contributed by atoms with van der Waals surface area (Å²) in [7, 11) is 1.90. The van der Waals surface area contributed by atoms with Gasteiger partial charge in [-0.2, -0.15) is 0 Å². The van der Waals surface area contributed by atoms with Crippen molar-refractivity contribution in [3.05, 3.63) is 29.8 Å². The number of nitrogens with two attached hydrogens (primary N) is 1. The van der Waals surface area contributed by atoms with Gasteiger partial charge >= 0.3 is 0 Å². The van der Waals surface area contributed by atoms with E-state index in [-0.39, 0.29) is 11.9 Å². The van der Waals surface area contributed by atoms with Crippen LogP contribution in [0.25, 0.3) is 0 Å². The summed E-state index contributed by atoms with van der Waals surface area (Å²) in [6.45, 7) is 6.02. The molecule has 0 saturated heterocycles. The standard InChI is InChI=1S/C15H25N3O2/c1-12(2)17-15(19)11-18(3)7-8-20-14-6-4-5-13(9-14)10-16/h4-6,9,12H,7-8,10-11,16H2,1-3H3,(H,17,19). The van der Waals surface area contributed by atoms with Crippen LogP contribution in [0.15, 0.2) is 24.3 Å². The lowest BCUT2D eigenvalue weighted by molar-refractivity contribution is -0.122. The molecule has 1 aromatic carbocycles. The van der Waals surface area contributed by atoms with Gasteiger partial charge in [0.1, 0.15) is 12.4 Å². The van der Waals surface area contributed by atoms with Crippen molar-refractivity contribution >= 4 is 5.91 Å². The Morgan fingerprint density at radius 3 is 2.85 bits per heavy atom. The third kappa shape index (κ3) is 6.54. The van der Waals surface area contributed by atoms with Gasteiger partial charge in [-0.25, -0.2) is 0 Å². The largest absolute Gasteiger partial charge is 0.492 e. The van der Waals surface area contributed by atoms with Gasteiger partial charge in [0.05, 0.1) is 6.54 Å². The van der Waals surface area contributed by atoms with Crippen LogP contribution >= 0.6 is 0 Å². The Balaban J connectivity index is 2.27. The van der Waals surface area contributed by atoms with E-state index in [9.17, 15) is 4.79 Å². The Bertz CT molecular complexity index is 421. The fourth-order valence-electron chi connectivity index (χ4n) is 1.77. The Kier molecular flexibility index (Phi) is 7.04. The molecule has 0 atom stereocenters. The van der Waals surface area contributed by atoms with Crippen LogP contribution in [0.4, 0.5) is 0 Å². The number of benzene rings is 1. The molecule has 5 heteroatoms. The second-order valence-corrected chi connectivity index (χ2v) is 5.16. The minimum atomic E-state index is 0.0348. The number of carbonyl (C=O) groups excluding carboxylic acids is 1. The molecule has 0 radical (unpaired) electrons. The number of likely N-dealkylation sites (N-methyl/N-ethyl adjacent to an activating group) is 1. The number of carbonyl (C=O) groups is 1. The van der Waals surface area contributed by atoms with Crippen molar-refractivity contribution in [2.45, 2.75) is 26.4 Å². The van der Waals surface area contributed by atoms with Gasteiger partial charge in [-0.15, -0.1) is 0 Å². The molecule has 0 aromatic heterocycles. The van der Waals surface area contributed by atoms with Gasteiger partial charge in [0.2, 0.25) is 5.91 Å². The first-order chi connectivity index (χ1) is 9.51. The Hall–Kier alpha value is -1.59. The summed E-state index contributed by atoms with van der Waals surface area (Å²) in [4.78, 5) is 13.5. The minimum absolute atomic E-state index is 0.0348. The lowest BCUT2D eigenvalue weighted by Gasteiger charge is -2.17.